The average molecular weight is 990 g/mol. The molecule has 70 heavy (non-hydrogen) atoms. The number of aliphatic hydroxyl groups excluding tert-OH is 2. The van der Waals surface area contributed by atoms with E-state index in [1.807, 2.05) is 59.8 Å². The number of likely N-dealkylation sites (N-methyl/N-ethyl adjacent to an activating group) is 2. The van der Waals surface area contributed by atoms with Crippen LogP contribution < -0.4 is 5.32 Å². The number of aliphatic hydroxyl groups is 3. The number of nitro groups is 1. The van der Waals surface area contributed by atoms with Crippen LogP contribution in [-0.2, 0) is 57.3 Å². The molecule has 1 amide bonds. The van der Waals surface area contributed by atoms with E-state index in [-0.39, 0.29) is 36.6 Å². The quantitative estimate of drug-likeness (QED) is 0.120. The van der Waals surface area contributed by atoms with Crippen LogP contribution in [-0.4, -0.2) is 182 Å². The predicted octanol–water partition coefficient (Wildman–Crippen LogP) is 3.62. The molecule has 0 spiro atoms. The molecule has 0 aliphatic carbocycles. The van der Waals surface area contributed by atoms with Gasteiger partial charge in [-0.25, -0.2) is 4.79 Å². The minimum absolute atomic E-state index is 0.0391. The van der Waals surface area contributed by atoms with Crippen LogP contribution in [0, 0.1) is 27.9 Å². The smallest absolute Gasteiger partial charge is 0.408 e. The molecule has 4 fully saturated rings. The lowest BCUT2D eigenvalue weighted by atomic mass is 9.77. The Morgan fingerprint density at radius 1 is 1.01 bits per heavy atom. The topological polar surface area (TPSA) is 252 Å². The van der Waals surface area contributed by atoms with Gasteiger partial charge in [0.15, 0.2) is 18.7 Å². The molecule has 1 aromatic heterocycles. The fourth-order valence-corrected chi connectivity index (χ4v) is 11.0. The fourth-order valence-electron chi connectivity index (χ4n) is 11.0. The number of rotatable bonds is 14. The van der Waals surface area contributed by atoms with Crippen LogP contribution in [0.4, 0.5) is 10.5 Å². The number of nitro benzene ring substituents is 1. The van der Waals surface area contributed by atoms with Crippen molar-refractivity contribution >= 4 is 17.7 Å². The maximum atomic E-state index is 14.6. The Morgan fingerprint density at radius 2 is 1.71 bits per heavy atom. The molecule has 0 bridgehead atoms. The van der Waals surface area contributed by atoms with Crippen LogP contribution in [0.3, 0.4) is 0 Å². The van der Waals surface area contributed by atoms with E-state index < -0.39 is 107 Å². The summed E-state index contributed by atoms with van der Waals surface area (Å²) in [5, 5.41) is 58.8. The number of esters is 1. The van der Waals surface area contributed by atoms with Gasteiger partial charge >= 0.3 is 12.1 Å². The molecule has 4 aliphatic rings. The van der Waals surface area contributed by atoms with E-state index in [0.29, 0.717) is 45.3 Å². The highest BCUT2D eigenvalue weighted by molar-refractivity contribution is 5.74. The second kappa shape index (κ2) is 23.3. The van der Waals surface area contributed by atoms with Gasteiger partial charge in [-0.3, -0.25) is 19.6 Å². The first kappa shape index (κ1) is 55.4. The number of aryl methyl sites for hydroxylation is 2. The molecule has 4 saturated heterocycles. The van der Waals surface area contributed by atoms with E-state index in [0.717, 1.165) is 11.3 Å². The van der Waals surface area contributed by atoms with Crippen molar-refractivity contribution in [2.45, 2.75) is 198 Å². The monoisotopic (exact) mass is 990 g/mol. The maximum Gasteiger partial charge on any atom is 0.408 e. The highest BCUT2D eigenvalue weighted by Crippen LogP contribution is 2.40. The molecule has 0 radical (unpaired) electrons. The molecule has 2 aromatic rings. The lowest BCUT2D eigenvalue weighted by Crippen LogP contribution is -2.60. The lowest BCUT2D eigenvalue weighted by Gasteiger charge is -2.49. The molecule has 0 unspecified atom stereocenters. The lowest BCUT2D eigenvalue weighted by molar-refractivity contribution is -0.384. The van der Waals surface area contributed by atoms with Crippen molar-refractivity contribution in [1.82, 2.24) is 30.1 Å². The third-order valence-corrected chi connectivity index (χ3v) is 15.3. The van der Waals surface area contributed by atoms with Gasteiger partial charge in [0.05, 0.1) is 58.2 Å². The van der Waals surface area contributed by atoms with Crippen molar-refractivity contribution in [2.24, 2.45) is 17.8 Å². The number of non-ortho nitro benzene ring substituents is 1. The number of carbonyl (C=O) groups is 2. The Balaban J connectivity index is 1.25. The van der Waals surface area contributed by atoms with Crippen molar-refractivity contribution in [3.05, 3.63) is 51.8 Å². The zero-order valence-corrected chi connectivity index (χ0v) is 43.0. The van der Waals surface area contributed by atoms with Crippen LogP contribution in [0.1, 0.15) is 99.3 Å². The molecule has 6 rings (SSSR count). The van der Waals surface area contributed by atoms with Gasteiger partial charge in [0.2, 0.25) is 0 Å². The molecule has 0 saturated carbocycles. The molecule has 21 heteroatoms. The summed E-state index contributed by atoms with van der Waals surface area (Å²) in [6.45, 7) is 18.0. The van der Waals surface area contributed by atoms with E-state index >= 15 is 0 Å². The third-order valence-electron chi connectivity index (χ3n) is 15.3. The molecule has 394 valence electrons. The summed E-state index contributed by atoms with van der Waals surface area (Å²) in [7, 11) is 5.37. The highest BCUT2D eigenvalue weighted by Gasteiger charge is 2.53. The number of ether oxygens (including phenoxy) is 7. The Bertz CT molecular complexity index is 2050. The number of cyclic esters (lactones) is 1. The van der Waals surface area contributed by atoms with Crippen LogP contribution >= 0.6 is 0 Å². The van der Waals surface area contributed by atoms with E-state index in [9.17, 15) is 35.0 Å². The summed E-state index contributed by atoms with van der Waals surface area (Å²) >= 11 is 0. The predicted molar refractivity (Wildman–Crippen MR) is 254 cm³/mol. The molecular formula is C49H79N7O14. The second-order valence-corrected chi connectivity index (χ2v) is 21.0. The molecule has 18 atom stereocenters. The van der Waals surface area contributed by atoms with Crippen LogP contribution in [0.2, 0.25) is 0 Å². The van der Waals surface area contributed by atoms with Gasteiger partial charge in [0.1, 0.15) is 18.3 Å². The normalized spacial score (nSPS) is 39.3. The van der Waals surface area contributed by atoms with E-state index in [2.05, 4.69) is 20.5 Å². The SMILES string of the molecule is CC[C@H]1OC(=O)[C@H](C)[C@@H](O[C@H]2C[C@@](C)(OC)[C@@H](O)[C@H](C)O2)[C@H](C)[C@@H](O[C@@H]2O[C@H](C)C[C@H](N(C)CCc3cn(CCc4ccc([N+](=O)[O-])cc4)nn3)[C@H]2O)[C@](C)(O)C[C@@H](C)CN(C)[C@H](C)[C@H]2NC(=O)O[C@@H]21. The van der Waals surface area contributed by atoms with Crippen LogP contribution in [0.5, 0.6) is 0 Å². The third kappa shape index (κ3) is 13.0. The summed E-state index contributed by atoms with van der Waals surface area (Å²) in [6, 6.07) is 5.26. The number of aromatic nitrogens is 3. The van der Waals surface area contributed by atoms with Gasteiger partial charge < -0.3 is 63.6 Å². The number of alkyl carbamates (subject to hydrolysis) is 1. The van der Waals surface area contributed by atoms with Gasteiger partial charge in [-0.15, -0.1) is 5.10 Å². The maximum absolute atomic E-state index is 14.6. The van der Waals surface area contributed by atoms with Crippen molar-refractivity contribution in [1.29, 1.82) is 0 Å². The Kier molecular flexibility index (Phi) is 18.5. The summed E-state index contributed by atoms with van der Waals surface area (Å²) in [6.07, 6.45) is -5.51. The first-order valence-corrected chi connectivity index (χ1v) is 24.9. The number of hydrogen-bond donors (Lipinski definition) is 4. The van der Waals surface area contributed by atoms with Gasteiger partial charge in [0, 0.05) is 75.9 Å². The molecule has 4 N–H and O–H groups in total. The Labute approximate surface area is 411 Å². The zero-order chi connectivity index (χ0) is 51.4. The number of nitrogens with one attached hydrogen (secondary N) is 1. The van der Waals surface area contributed by atoms with E-state index in [1.165, 1.54) is 19.2 Å². The van der Waals surface area contributed by atoms with Crippen molar-refractivity contribution in [3.63, 3.8) is 0 Å². The minimum Gasteiger partial charge on any atom is -0.458 e. The molecule has 5 heterocycles. The van der Waals surface area contributed by atoms with Gasteiger partial charge in [-0.05, 0) is 92.8 Å². The fraction of sp³-hybridized carbons (Fsp3) is 0.796. The second-order valence-electron chi connectivity index (χ2n) is 21.0. The largest absolute Gasteiger partial charge is 0.458 e. The molecule has 21 nitrogen and oxygen atoms in total. The van der Waals surface area contributed by atoms with Crippen molar-refractivity contribution in [2.75, 3.05) is 34.3 Å². The summed E-state index contributed by atoms with van der Waals surface area (Å²) < 4.78 is 46.0. The number of hydrogen-bond acceptors (Lipinski definition) is 18. The van der Waals surface area contributed by atoms with Gasteiger partial charge in [0.25, 0.3) is 5.69 Å². The van der Waals surface area contributed by atoms with E-state index in [4.69, 9.17) is 33.2 Å². The zero-order valence-electron chi connectivity index (χ0n) is 43.0. The number of carbonyl (C=O) groups excluding carboxylic acids is 2. The first-order valence-electron chi connectivity index (χ1n) is 24.9. The van der Waals surface area contributed by atoms with Crippen molar-refractivity contribution < 1.29 is 63.0 Å². The number of amides is 1. The first-order chi connectivity index (χ1) is 32.9. The van der Waals surface area contributed by atoms with Crippen LogP contribution in [0.25, 0.3) is 0 Å². The van der Waals surface area contributed by atoms with Crippen molar-refractivity contribution in [3.8, 4) is 0 Å². The summed E-state index contributed by atoms with van der Waals surface area (Å²) in [5.74, 6) is -2.56. The number of methoxy groups -OCH3 is 1. The van der Waals surface area contributed by atoms with Crippen LogP contribution in [0.15, 0.2) is 30.5 Å². The Morgan fingerprint density at radius 3 is 2.37 bits per heavy atom. The average Bonchev–Trinajstić information content (AvgIpc) is 3.94. The Hall–Kier alpha value is -3.90. The molecule has 1 aromatic carbocycles. The van der Waals surface area contributed by atoms with Gasteiger partial charge in [-0.1, -0.05) is 38.1 Å². The minimum atomic E-state index is -1.61. The molecule has 4 aliphatic heterocycles. The number of benzene rings is 1. The van der Waals surface area contributed by atoms with Gasteiger partial charge in [-0.2, -0.15) is 0 Å². The standard InChI is InChI=1S/C49H79N7O14/c1-13-37-42-39(50-47(60)69-42)31(6)54(11)25-27(2)23-48(8,61)44(29(4)41(30(5)45(59)67-37)68-38-24-49(9,64-12)43(58)32(7)66-38)70-46-40(57)36(22-28(3)65-46)53(10)20-19-34-26-55(52-51-34)21-18-33-14-16-35(17-15-33)56(62)63/h14-17,26-32,36-44,46,57-58,61H,13,18-25H2,1-12H3,(H,50,60)/t27-,28-,29+,30-,31-,32+,36+,37-,38+,39-,40-,41+,42-,43+,44-,46+,48-,49-/m1/s1. The molecular weight excluding hydrogens is 911 g/mol. The van der Waals surface area contributed by atoms with E-state index in [1.54, 1.807) is 44.5 Å². The summed E-state index contributed by atoms with van der Waals surface area (Å²) in [4.78, 5) is 42.1. The number of nitrogens with zero attached hydrogens (tertiary/aromatic N) is 6. The highest BCUT2D eigenvalue weighted by atomic mass is 16.7. The number of fused-ring (bicyclic) bond motifs is 1. The summed E-state index contributed by atoms with van der Waals surface area (Å²) in [5.41, 5.74) is -0.927.